The van der Waals surface area contributed by atoms with Crippen molar-refractivity contribution in [3.63, 3.8) is 0 Å². The van der Waals surface area contributed by atoms with Crippen LogP contribution >= 0.6 is 0 Å². The highest BCUT2D eigenvalue weighted by atomic mass is 16.2. The van der Waals surface area contributed by atoms with Gasteiger partial charge in [-0.3, -0.25) is 14.5 Å². The van der Waals surface area contributed by atoms with Crippen LogP contribution in [0.5, 0.6) is 0 Å². The minimum atomic E-state index is -0.0636. The van der Waals surface area contributed by atoms with E-state index in [-0.39, 0.29) is 11.8 Å². The van der Waals surface area contributed by atoms with Crippen LogP contribution in [0.15, 0.2) is 41.5 Å². The van der Waals surface area contributed by atoms with Crippen LogP contribution in [0.3, 0.4) is 0 Å². The molecule has 1 aromatic heterocycles. The van der Waals surface area contributed by atoms with Gasteiger partial charge in [-0.25, -0.2) is 5.01 Å². The van der Waals surface area contributed by atoms with E-state index in [0.29, 0.717) is 31.6 Å². The smallest absolute Gasteiger partial charge is 0.270 e. The van der Waals surface area contributed by atoms with Crippen molar-refractivity contribution < 1.29 is 9.59 Å². The molecule has 4 rings (SSSR count). The van der Waals surface area contributed by atoms with Crippen molar-refractivity contribution in [1.29, 1.82) is 0 Å². The Morgan fingerprint density at radius 1 is 0.903 bits per heavy atom. The molecular weight excluding hydrogens is 390 g/mol. The van der Waals surface area contributed by atoms with Gasteiger partial charge in [0.2, 0.25) is 5.91 Å². The monoisotopic (exact) mass is 421 g/mol. The number of hydrogen-bond donors (Lipinski definition) is 0. The van der Waals surface area contributed by atoms with Crippen molar-refractivity contribution in [2.45, 2.75) is 40.2 Å². The fraction of sp³-hybridized carbons (Fsp3) is 0.458. The minimum absolute atomic E-state index is 0.0390. The molecule has 2 amide bonds. The van der Waals surface area contributed by atoms with Crippen LogP contribution < -0.4 is 5.01 Å². The van der Waals surface area contributed by atoms with Crippen LogP contribution in [0.1, 0.15) is 29.8 Å². The number of benzene rings is 1. The molecule has 1 fully saturated rings. The summed E-state index contributed by atoms with van der Waals surface area (Å²) in [5.41, 5.74) is 4.77. The van der Waals surface area contributed by atoms with E-state index in [1.54, 1.807) is 0 Å². The molecule has 3 heterocycles. The number of para-hydroxylation sites is 1. The summed E-state index contributed by atoms with van der Waals surface area (Å²) in [7, 11) is 0. The fourth-order valence-corrected chi connectivity index (χ4v) is 4.35. The molecule has 0 spiro atoms. The zero-order valence-corrected chi connectivity index (χ0v) is 18.7. The second-order valence-electron chi connectivity index (χ2n) is 8.44. The Labute approximate surface area is 183 Å². The van der Waals surface area contributed by atoms with Gasteiger partial charge in [-0.1, -0.05) is 18.2 Å². The molecule has 0 radical (unpaired) electrons. The van der Waals surface area contributed by atoms with E-state index in [2.05, 4.69) is 40.5 Å². The Kier molecular flexibility index (Phi) is 6.23. The molecule has 1 saturated heterocycles. The van der Waals surface area contributed by atoms with Crippen LogP contribution in [0, 0.1) is 20.8 Å². The topological polar surface area (TPSA) is 61.2 Å². The lowest BCUT2D eigenvalue weighted by atomic mass is 10.1. The average molecular weight is 422 g/mol. The predicted molar refractivity (Wildman–Crippen MR) is 122 cm³/mol. The van der Waals surface area contributed by atoms with Crippen molar-refractivity contribution in [2.24, 2.45) is 5.10 Å². The van der Waals surface area contributed by atoms with E-state index >= 15 is 0 Å². The molecule has 31 heavy (non-hydrogen) atoms. The van der Waals surface area contributed by atoms with Gasteiger partial charge in [0.1, 0.15) is 5.71 Å². The molecule has 2 aliphatic heterocycles. The number of aryl methyl sites for hydroxylation is 3. The van der Waals surface area contributed by atoms with Gasteiger partial charge >= 0.3 is 0 Å². The molecule has 7 nitrogen and oxygen atoms in total. The maximum atomic E-state index is 13.1. The zero-order chi connectivity index (χ0) is 22.0. The molecule has 0 saturated carbocycles. The van der Waals surface area contributed by atoms with Crippen LogP contribution in [0.2, 0.25) is 0 Å². The number of amides is 2. The van der Waals surface area contributed by atoms with Gasteiger partial charge in [0, 0.05) is 63.5 Å². The van der Waals surface area contributed by atoms with E-state index in [9.17, 15) is 9.59 Å². The second-order valence-corrected chi connectivity index (χ2v) is 8.44. The van der Waals surface area contributed by atoms with Gasteiger partial charge in [-0.05, 0) is 44.5 Å². The summed E-state index contributed by atoms with van der Waals surface area (Å²) in [4.78, 5) is 29.8. The van der Waals surface area contributed by atoms with Gasteiger partial charge < -0.3 is 9.47 Å². The van der Waals surface area contributed by atoms with Gasteiger partial charge in [0.05, 0.1) is 5.69 Å². The summed E-state index contributed by atoms with van der Waals surface area (Å²) in [6.07, 6.45) is 0.723. The number of carbonyl (C=O) groups excluding carboxylic acids is 2. The molecule has 0 bridgehead atoms. The lowest BCUT2D eigenvalue weighted by molar-refractivity contribution is -0.126. The molecule has 1 aromatic carbocycles. The first kappa shape index (κ1) is 21.3. The first-order chi connectivity index (χ1) is 14.9. The molecule has 2 aliphatic rings. The highest BCUT2D eigenvalue weighted by Gasteiger charge is 2.30. The molecular formula is C24H31N5O2. The maximum Gasteiger partial charge on any atom is 0.270 e. The first-order valence-electron chi connectivity index (χ1n) is 11.0. The highest BCUT2D eigenvalue weighted by molar-refractivity contribution is 6.40. The SMILES string of the molecule is Cc1ccccc1N1N=C(C(=O)N2CCN(CCn3c(C)ccc3C)CC2)CCC1=O. The lowest BCUT2D eigenvalue weighted by Crippen LogP contribution is -2.52. The van der Waals surface area contributed by atoms with Crippen molar-refractivity contribution in [2.75, 3.05) is 37.7 Å². The Morgan fingerprint density at radius 3 is 2.26 bits per heavy atom. The lowest BCUT2D eigenvalue weighted by Gasteiger charge is -2.35. The van der Waals surface area contributed by atoms with Gasteiger partial charge in [0.15, 0.2) is 0 Å². The van der Waals surface area contributed by atoms with E-state index in [0.717, 1.165) is 37.4 Å². The number of hydrogen-bond acceptors (Lipinski definition) is 4. The number of piperazine rings is 1. The summed E-state index contributed by atoms with van der Waals surface area (Å²) >= 11 is 0. The van der Waals surface area contributed by atoms with Gasteiger partial charge in [-0.15, -0.1) is 0 Å². The third-order valence-electron chi connectivity index (χ3n) is 6.34. The number of anilines is 1. The van der Waals surface area contributed by atoms with E-state index < -0.39 is 0 Å². The largest absolute Gasteiger partial charge is 0.348 e. The summed E-state index contributed by atoms with van der Waals surface area (Å²) in [6.45, 7) is 11.3. The second kappa shape index (κ2) is 9.06. The molecule has 0 aliphatic carbocycles. The third kappa shape index (κ3) is 4.56. The molecule has 0 atom stereocenters. The Morgan fingerprint density at radius 2 is 1.58 bits per heavy atom. The quantitative estimate of drug-likeness (QED) is 0.746. The minimum Gasteiger partial charge on any atom is -0.348 e. The normalized spacial score (nSPS) is 17.8. The molecule has 0 unspecified atom stereocenters. The Hall–Kier alpha value is -2.93. The van der Waals surface area contributed by atoms with Crippen molar-refractivity contribution in [3.05, 3.63) is 53.3 Å². The number of carbonyl (C=O) groups is 2. The number of aromatic nitrogens is 1. The van der Waals surface area contributed by atoms with Crippen molar-refractivity contribution >= 4 is 23.2 Å². The summed E-state index contributed by atoms with van der Waals surface area (Å²) in [6, 6.07) is 11.9. The number of nitrogens with zero attached hydrogens (tertiary/aromatic N) is 5. The molecule has 7 heteroatoms. The van der Waals surface area contributed by atoms with E-state index in [1.807, 2.05) is 36.1 Å². The average Bonchev–Trinajstić information content (AvgIpc) is 3.10. The number of rotatable bonds is 5. The molecule has 2 aromatic rings. The van der Waals surface area contributed by atoms with Crippen molar-refractivity contribution in [3.8, 4) is 0 Å². The number of hydrazone groups is 1. The summed E-state index contributed by atoms with van der Waals surface area (Å²) in [5, 5.41) is 5.88. The van der Waals surface area contributed by atoms with Crippen molar-refractivity contribution in [1.82, 2.24) is 14.4 Å². The van der Waals surface area contributed by atoms with Gasteiger partial charge in [-0.2, -0.15) is 5.10 Å². The van der Waals surface area contributed by atoms with Crippen LogP contribution in [0.25, 0.3) is 0 Å². The maximum absolute atomic E-state index is 13.1. The molecule has 0 N–H and O–H groups in total. The predicted octanol–water partition coefficient (Wildman–Crippen LogP) is 2.74. The zero-order valence-electron chi connectivity index (χ0n) is 18.7. The fourth-order valence-electron chi connectivity index (χ4n) is 4.35. The first-order valence-corrected chi connectivity index (χ1v) is 11.0. The summed E-state index contributed by atoms with van der Waals surface area (Å²) < 4.78 is 2.34. The van der Waals surface area contributed by atoms with Crippen LogP contribution in [-0.4, -0.2) is 64.6 Å². The Bertz CT molecular complexity index is 982. The van der Waals surface area contributed by atoms with E-state index in [4.69, 9.17) is 0 Å². The standard InChI is InChI=1S/C24H31N5O2/c1-18-6-4-5-7-22(18)29-23(30)11-10-21(25-29)24(31)27-15-12-26(13-16-27)14-17-28-19(2)8-9-20(28)3/h4-9H,10-17H2,1-3H3. The van der Waals surface area contributed by atoms with Crippen LogP contribution in [-0.2, 0) is 16.1 Å². The third-order valence-corrected chi connectivity index (χ3v) is 6.34. The van der Waals surface area contributed by atoms with Gasteiger partial charge in [0.25, 0.3) is 5.91 Å². The summed E-state index contributed by atoms with van der Waals surface area (Å²) in [5.74, 6) is -0.103. The van der Waals surface area contributed by atoms with Crippen LogP contribution in [0.4, 0.5) is 5.69 Å². The highest BCUT2D eigenvalue weighted by Crippen LogP contribution is 2.24. The molecule has 164 valence electrons. The Balaban J connectivity index is 1.36. The van der Waals surface area contributed by atoms with E-state index in [1.165, 1.54) is 16.4 Å².